The first-order chi connectivity index (χ1) is 14.1. The molecule has 7 heteroatoms. The van der Waals surface area contributed by atoms with Crippen LogP contribution in [0.2, 0.25) is 0 Å². The average Bonchev–Trinajstić information content (AvgIpc) is 3.38. The summed E-state index contributed by atoms with van der Waals surface area (Å²) in [5.41, 5.74) is 1.44. The Morgan fingerprint density at radius 3 is 2.34 bits per heavy atom. The molecule has 0 spiro atoms. The molecule has 1 fully saturated rings. The normalized spacial score (nSPS) is 16.0. The second-order valence-corrected chi connectivity index (χ2v) is 8.17. The van der Waals surface area contributed by atoms with Gasteiger partial charge in [0.1, 0.15) is 6.54 Å². The van der Waals surface area contributed by atoms with Crippen LogP contribution in [-0.2, 0) is 4.79 Å². The summed E-state index contributed by atoms with van der Waals surface area (Å²) in [6.45, 7) is 1.99. The van der Waals surface area contributed by atoms with Gasteiger partial charge in [0.05, 0.1) is 10.6 Å². The van der Waals surface area contributed by atoms with Gasteiger partial charge in [-0.05, 0) is 29.0 Å². The highest BCUT2D eigenvalue weighted by Crippen LogP contribution is 2.37. The third-order valence-corrected chi connectivity index (χ3v) is 6.45. The Kier molecular flexibility index (Phi) is 4.32. The monoisotopic (exact) mass is 405 g/mol. The molecule has 5 rings (SSSR count). The summed E-state index contributed by atoms with van der Waals surface area (Å²) in [5.74, 6) is -0.202. The Hall–Kier alpha value is -3.19. The van der Waals surface area contributed by atoms with Crippen molar-refractivity contribution in [3.05, 3.63) is 64.4 Å². The molecule has 3 amide bonds. The van der Waals surface area contributed by atoms with Crippen LogP contribution in [0.25, 0.3) is 10.8 Å². The van der Waals surface area contributed by atoms with Crippen molar-refractivity contribution < 1.29 is 14.4 Å². The summed E-state index contributed by atoms with van der Waals surface area (Å²) in [6.07, 6.45) is 0. The van der Waals surface area contributed by atoms with Crippen LogP contribution >= 0.6 is 11.3 Å². The van der Waals surface area contributed by atoms with Gasteiger partial charge in [0.15, 0.2) is 0 Å². The molecule has 0 bridgehead atoms. The third-order valence-electron chi connectivity index (χ3n) is 5.59. The Morgan fingerprint density at radius 2 is 1.62 bits per heavy atom. The van der Waals surface area contributed by atoms with Gasteiger partial charge in [0.2, 0.25) is 5.91 Å². The fourth-order valence-corrected chi connectivity index (χ4v) is 4.78. The minimum Gasteiger partial charge on any atom is -0.338 e. The van der Waals surface area contributed by atoms with Crippen molar-refractivity contribution in [2.75, 3.05) is 37.6 Å². The summed E-state index contributed by atoms with van der Waals surface area (Å²) >= 11 is 1.43. The van der Waals surface area contributed by atoms with E-state index in [4.69, 9.17) is 0 Å². The number of carbonyl (C=O) groups is 3. The standard InChI is InChI=1S/C22H19N3O3S/c26-19(23-9-11-24(12-10-23)22(28)18-8-3-13-29-18)14-25-17-7-2-5-15-4-1-6-16(20(15)17)21(25)27/h1-8,13H,9-12,14H2. The van der Waals surface area contributed by atoms with Gasteiger partial charge in [0, 0.05) is 37.1 Å². The molecule has 2 aromatic carbocycles. The number of rotatable bonds is 3. The molecule has 1 saturated heterocycles. The van der Waals surface area contributed by atoms with E-state index in [0.29, 0.717) is 31.7 Å². The van der Waals surface area contributed by atoms with Crippen molar-refractivity contribution >= 4 is 45.5 Å². The van der Waals surface area contributed by atoms with Gasteiger partial charge in [-0.1, -0.05) is 30.3 Å². The SMILES string of the molecule is O=C(CN1C(=O)c2cccc3cccc1c23)N1CCN(C(=O)c2cccs2)CC1. The van der Waals surface area contributed by atoms with Crippen LogP contribution in [-0.4, -0.2) is 60.2 Å². The van der Waals surface area contributed by atoms with Crippen LogP contribution < -0.4 is 4.90 Å². The number of amides is 3. The Balaban J connectivity index is 1.27. The van der Waals surface area contributed by atoms with Crippen molar-refractivity contribution in [3.8, 4) is 0 Å². The van der Waals surface area contributed by atoms with Crippen molar-refractivity contribution in [1.29, 1.82) is 0 Å². The van der Waals surface area contributed by atoms with Crippen molar-refractivity contribution in [3.63, 3.8) is 0 Å². The van der Waals surface area contributed by atoms with Crippen LogP contribution in [0.1, 0.15) is 20.0 Å². The first kappa shape index (κ1) is 17.9. The number of hydrogen-bond donors (Lipinski definition) is 0. The van der Waals surface area contributed by atoms with Crippen LogP contribution in [0, 0.1) is 0 Å². The first-order valence-electron chi connectivity index (χ1n) is 9.57. The van der Waals surface area contributed by atoms with E-state index >= 15 is 0 Å². The first-order valence-corrected chi connectivity index (χ1v) is 10.5. The molecule has 0 radical (unpaired) electrons. The highest BCUT2D eigenvalue weighted by atomic mass is 32.1. The Morgan fingerprint density at radius 1 is 0.897 bits per heavy atom. The topological polar surface area (TPSA) is 60.9 Å². The molecule has 2 aliphatic rings. The lowest BCUT2D eigenvalue weighted by Crippen LogP contribution is -2.52. The van der Waals surface area contributed by atoms with Gasteiger partial charge in [-0.3, -0.25) is 19.3 Å². The molecule has 0 unspecified atom stereocenters. The number of nitrogens with zero attached hydrogens (tertiary/aromatic N) is 3. The molecule has 29 heavy (non-hydrogen) atoms. The second-order valence-electron chi connectivity index (χ2n) is 7.22. The zero-order valence-corrected chi connectivity index (χ0v) is 16.5. The molecule has 1 aromatic heterocycles. The molecule has 0 saturated carbocycles. The zero-order valence-electron chi connectivity index (χ0n) is 15.7. The molecular weight excluding hydrogens is 386 g/mol. The van der Waals surface area contributed by atoms with Crippen molar-refractivity contribution in [2.45, 2.75) is 0 Å². The van der Waals surface area contributed by atoms with Crippen molar-refractivity contribution in [2.24, 2.45) is 0 Å². The summed E-state index contributed by atoms with van der Waals surface area (Å²) in [7, 11) is 0. The molecular formula is C22H19N3O3S. The predicted octanol–water partition coefficient (Wildman–Crippen LogP) is 2.85. The molecule has 0 atom stereocenters. The van der Waals surface area contributed by atoms with Gasteiger partial charge in [-0.15, -0.1) is 11.3 Å². The van der Waals surface area contributed by atoms with E-state index in [9.17, 15) is 14.4 Å². The third kappa shape index (κ3) is 2.98. The summed E-state index contributed by atoms with van der Waals surface area (Å²) in [5, 5.41) is 3.81. The maximum absolute atomic E-state index is 12.9. The van der Waals surface area contributed by atoms with E-state index in [-0.39, 0.29) is 24.3 Å². The largest absolute Gasteiger partial charge is 0.338 e. The smallest absolute Gasteiger partial charge is 0.264 e. The molecule has 3 aromatic rings. The van der Waals surface area contributed by atoms with Crippen LogP contribution in [0.5, 0.6) is 0 Å². The van der Waals surface area contributed by atoms with E-state index < -0.39 is 0 Å². The average molecular weight is 405 g/mol. The van der Waals surface area contributed by atoms with Gasteiger partial charge in [-0.2, -0.15) is 0 Å². The van der Waals surface area contributed by atoms with Crippen LogP contribution in [0.4, 0.5) is 5.69 Å². The number of piperazine rings is 1. The minimum atomic E-state index is -0.128. The highest BCUT2D eigenvalue weighted by Gasteiger charge is 2.33. The summed E-state index contributed by atoms with van der Waals surface area (Å²) < 4.78 is 0. The van der Waals surface area contributed by atoms with E-state index in [1.54, 1.807) is 14.7 Å². The maximum Gasteiger partial charge on any atom is 0.264 e. The highest BCUT2D eigenvalue weighted by molar-refractivity contribution is 7.12. The molecule has 6 nitrogen and oxygen atoms in total. The number of hydrogen-bond acceptors (Lipinski definition) is 4. The van der Waals surface area contributed by atoms with Crippen molar-refractivity contribution in [1.82, 2.24) is 9.80 Å². The number of benzene rings is 2. The van der Waals surface area contributed by atoms with Crippen LogP contribution in [0.3, 0.4) is 0 Å². The fourth-order valence-electron chi connectivity index (χ4n) is 4.09. The lowest BCUT2D eigenvalue weighted by atomic mass is 10.1. The Bertz CT molecular complexity index is 1110. The van der Waals surface area contributed by atoms with E-state index in [1.165, 1.54) is 11.3 Å². The molecule has 2 aliphatic heterocycles. The van der Waals surface area contributed by atoms with Crippen LogP contribution in [0.15, 0.2) is 53.9 Å². The quantitative estimate of drug-likeness (QED) is 0.673. The lowest BCUT2D eigenvalue weighted by Gasteiger charge is -2.35. The van der Waals surface area contributed by atoms with Gasteiger partial charge in [0.25, 0.3) is 11.8 Å². The van der Waals surface area contributed by atoms with E-state index in [0.717, 1.165) is 21.3 Å². The predicted molar refractivity (Wildman–Crippen MR) is 112 cm³/mol. The van der Waals surface area contributed by atoms with Gasteiger partial charge < -0.3 is 9.80 Å². The zero-order chi connectivity index (χ0) is 20.0. The van der Waals surface area contributed by atoms with Gasteiger partial charge >= 0.3 is 0 Å². The van der Waals surface area contributed by atoms with E-state index in [2.05, 4.69) is 0 Å². The fraction of sp³-hybridized carbons (Fsp3) is 0.227. The van der Waals surface area contributed by atoms with Gasteiger partial charge in [-0.25, -0.2) is 0 Å². The number of carbonyl (C=O) groups excluding carboxylic acids is 3. The number of anilines is 1. The molecule has 0 N–H and O–H groups in total. The van der Waals surface area contributed by atoms with E-state index in [1.807, 2.05) is 53.9 Å². The summed E-state index contributed by atoms with van der Waals surface area (Å²) in [6, 6.07) is 15.1. The lowest BCUT2D eigenvalue weighted by molar-refractivity contribution is -0.131. The molecule has 3 heterocycles. The molecule has 146 valence electrons. The second kappa shape index (κ2) is 7.00. The number of thiophene rings is 1. The minimum absolute atomic E-state index is 0.0175. The Labute approximate surface area is 171 Å². The molecule has 0 aliphatic carbocycles. The maximum atomic E-state index is 12.9. The summed E-state index contributed by atoms with van der Waals surface area (Å²) in [4.78, 5) is 44.1.